The van der Waals surface area contributed by atoms with Gasteiger partial charge in [0.15, 0.2) is 0 Å². The van der Waals surface area contributed by atoms with Gasteiger partial charge in [0.05, 0.1) is 6.10 Å². The molecule has 0 aromatic heterocycles. The lowest BCUT2D eigenvalue weighted by Crippen LogP contribution is -2.44. The number of hydrogen-bond acceptors (Lipinski definition) is 3. The zero-order valence-electron chi connectivity index (χ0n) is 10.2. The maximum absolute atomic E-state index is 11.3. The van der Waals surface area contributed by atoms with Crippen molar-refractivity contribution in [1.29, 1.82) is 0 Å². The highest BCUT2D eigenvalue weighted by Gasteiger charge is 2.45. The highest BCUT2D eigenvalue weighted by Crippen LogP contribution is 2.39. The van der Waals surface area contributed by atoms with E-state index in [0.717, 1.165) is 17.7 Å². The Bertz CT molecular complexity index is 337. The standard InChI is InChI=1S/C12H19NO5/c14-8-3-1-7(2-4-8)9-5-6-13(12(17)18)10(9)11(15)16/h7-10,14H,1-6H2,(H,15,16)(H,17,18)/t7-,8-,9-,10-/m0/s1. The molecule has 0 aromatic carbocycles. The zero-order valence-corrected chi connectivity index (χ0v) is 10.2. The van der Waals surface area contributed by atoms with Crippen LogP contribution in [0.15, 0.2) is 0 Å². The van der Waals surface area contributed by atoms with Gasteiger partial charge in [-0.15, -0.1) is 0 Å². The van der Waals surface area contributed by atoms with Crippen LogP contribution in [0.25, 0.3) is 0 Å². The molecule has 6 nitrogen and oxygen atoms in total. The highest BCUT2D eigenvalue weighted by atomic mass is 16.4. The van der Waals surface area contributed by atoms with E-state index >= 15 is 0 Å². The van der Waals surface area contributed by atoms with Crippen LogP contribution in [0.2, 0.25) is 0 Å². The Labute approximate surface area is 105 Å². The SMILES string of the molecule is O=C(O)[C@@H]1[C@H]([C@H]2CC[C@H](O)CC2)CCN1C(=O)O. The summed E-state index contributed by atoms with van der Waals surface area (Å²) in [5.41, 5.74) is 0. The van der Waals surface area contributed by atoms with Gasteiger partial charge in [0, 0.05) is 6.54 Å². The van der Waals surface area contributed by atoms with Crippen molar-refractivity contribution < 1.29 is 24.9 Å². The molecule has 1 saturated carbocycles. The Balaban J connectivity index is 2.08. The quantitative estimate of drug-likeness (QED) is 0.685. The predicted molar refractivity (Wildman–Crippen MR) is 62.2 cm³/mol. The Morgan fingerprint density at radius 3 is 2.11 bits per heavy atom. The molecule has 1 aliphatic heterocycles. The first-order valence-corrected chi connectivity index (χ1v) is 6.41. The van der Waals surface area contributed by atoms with E-state index in [2.05, 4.69) is 0 Å². The number of carboxylic acids is 1. The first-order valence-electron chi connectivity index (χ1n) is 6.41. The lowest BCUT2D eigenvalue weighted by atomic mass is 9.76. The molecular formula is C12H19NO5. The molecule has 0 radical (unpaired) electrons. The summed E-state index contributed by atoms with van der Waals surface area (Å²) in [6.45, 7) is 0.302. The second-order valence-corrected chi connectivity index (χ2v) is 5.28. The van der Waals surface area contributed by atoms with Crippen LogP contribution in [0.4, 0.5) is 4.79 Å². The maximum Gasteiger partial charge on any atom is 0.408 e. The van der Waals surface area contributed by atoms with Crippen molar-refractivity contribution in [1.82, 2.24) is 4.90 Å². The summed E-state index contributed by atoms with van der Waals surface area (Å²) >= 11 is 0. The lowest BCUT2D eigenvalue weighted by molar-refractivity contribution is -0.143. The molecule has 2 rings (SSSR count). The molecule has 1 aliphatic carbocycles. The van der Waals surface area contributed by atoms with Crippen LogP contribution in [-0.2, 0) is 4.79 Å². The van der Waals surface area contributed by atoms with Crippen LogP contribution in [0, 0.1) is 11.8 Å². The number of aliphatic hydroxyl groups is 1. The van der Waals surface area contributed by atoms with Crippen molar-refractivity contribution in [2.75, 3.05) is 6.54 Å². The van der Waals surface area contributed by atoms with Gasteiger partial charge in [0.1, 0.15) is 6.04 Å². The molecule has 2 atom stereocenters. The highest BCUT2D eigenvalue weighted by molar-refractivity contribution is 5.80. The molecule has 0 unspecified atom stereocenters. The smallest absolute Gasteiger partial charge is 0.408 e. The third-order valence-corrected chi connectivity index (χ3v) is 4.29. The fraction of sp³-hybridized carbons (Fsp3) is 0.833. The summed E-state index contributed by atoms with van der Waals surface area (Å²) in [5.74, 6) is -0.934. The van der Waals surface area contributed by atoms with E-state index in [1.807, 2.05) is 0 Å². The van der Waals surface area contributed by atoms with Crippen LogP contribution < -0.4 is 0 Å². The third-order valence-electron chi connectivity index (χ3n) is 4.29. The van der Waals surface area contributed by atoms with E-state index in [1.165, 1.54) is 0 Å². The van der Waals surface area contributed by atoms with Crippen LogP contribution in [0.5, 0.6) is 0 Å². The van der Waals surface area contributed by atoms with Crippen molar-refractivity contribution in [3.8, 4) is 0 Å². The molecule has 0 bridgehead atoms. The van der Waals surface area contributed by atoms with Gasteiger partial charge in [-0.1, -0.05) is 0 Å². The van der Waals surface area contributed by atoms with E-state index in [-0.39, 0.29) is 17.9 Å². The second kappa shape index (κ2) is 5.14. The first kappa shape index (κ1) is 13.1. The van der Waals surface area contributed by atoms with Crippen LogP contribution in [-0.4, -0.2) is 51.0 Å². The summed E-state index contributed by atoms with van der Waals surface area (Å²) in [4.78, 5) is 23.3. The number of aliphatic hydroxyl groups excluding tert-OH is 1. The summed E-state index contributed by atoms with van der Waals surface area (Å²) < 4.78 is 0. The van der Waals surface area contributed by atoms with Crippen molar-refractivity contribution in [2.24, 2.45) is 11.8 Å². The normalized spacial score (nSPS) is 36.6. The lowest BCUT2D eigenvalue weighted by Gasteiger charge is -2.32. The van der Waals surface area contributed by atoms with Gasteiger partial charge in [-0.05, 0) is 43.9 Å². The molecule has 6 heteroatoms. The fourth-order valence-electron chi connectivity index (χ4n) is 3.37. The first-order chi connectivity index (χ1) is 8.50. The Hall–Kier alpha value is -1.30. The van der Waals surface area contributed by atoms with Crippen LogP contribution >= 0.6 is 0 Å². The van der Waals surface area contributed by atoms with Gasteiger partial charge in [0.2, 0.25) is 0 Å². The van der Waals surface area contributed by atoms with Crippen LogP contribution in [0.3, 0.4) is 0 Å². The molecule has 0 aromatic rings. The summed E-state index contributed by atoms with van der Waals surface area (Å²) in [6, 6.07) is -0.914. The minimum atomic E-state index is -1.15. The van der Waals surface area contributed by atoms with E-state index in [0.29, 0.717) is 25.8 Å². The van der Waals surface area contributed by atoms with Gasteiger partial charge in [0.25, 0.3) is 0 Å². The van der Waals surface area contributed by atoms with Gasteiger partial charge in [-0.3, -0.25) is 4.90 Å². The average Bonchev–Trinajstić information content (AvgIpc) is 2.74. The molecule has 2 fully saturated rings. The summed E-state index contributed by atoms with van der Waals surface area (Å²) in [5, 5.41) is 27.7. The number of likely N-dealkylation sites (tertiary alicyclic amines) is 1. The number of hydrogen-bond donors (Lipinski definition) is 3. The average molecular weight is 257 g/mol. The van der Waals surface area contributed by atoms with Crippen molar-refractivity contribution >= 4 is 12.1 Å². The molecule has 1 saturated heterocycles. The number of aliphatic carboxylic acids is 1. The number of amides is 1. The molecule has 0 spiro atoms. The molecular weight excluding hydrogens is 238 g/mol. The minimum absolute atomic E-state index is 0.105. The predicted octanol–water partition coefficient (Wildman–Crippen LogP) is 0.991. The van der Waals surface area contributed by atoms with Crippen LogP contribution in [0.1, 0.15) is 32.1 Å². The molecule has 3 N–H and O–H groups in total. The van der Waals surface area contributed by atoms with Gasteiger partial charge in [-0.25, -0.2) is 9.59 Å². The Morgan fingerprint density at radius 1 is 1.00 bits per heavy atom. The molecule has 1 amide bonds. The van der Waals surface area contributed by atoms with Gasteiger partial charge >= 0.3 is 12.1 Å². The zero-order chi connectivity index (χ0) is 13.3. The Kier molecular flexibility index (Phi) is 3.75. The number of rotatable bonds is 2. The second-order valence-electron chi connectivity index (χ2n) is 5.28. The molecule has 18 heavy (non-hydrogen) atoms. The third kappa shape index (κ3) is 2.43. The largest absolute Gasteiger partial charge is 0.480 e. The van der Waals surface area contributed by atoms with E-state index < -0.39 is 18.1 Å². The maximum atomic E-state index is 11.3. The van der Waals surface area contributed by atoms with Crippen molar-refractivity contribution in [3.63, 3.8) is 0 Å². The van der Waals surface area contributed by atoms with Gasteiger partial charge in [-0.2, -0.15) is 0 Å². The number of carbonyl (C=O) groups is 2. The molecule has 2 aliphatic rings. The molecule has 102 valence electrons. The Morgan fingerprint density at radius 2 is 1.61 bits per heavy atom. The summed E-state index contributed by atoms with van der Waals surface area (Å²) in [6.07, 6.45) is 2.17. The monoisotopic (exact) mass is 257 g/mol. The minimum Gasteiger partial charge on any atom is -0.480 e. The summed E-state index contributed by atoms with van der Waals surface area (Å²) in [7, 11) is 0. The topological polar surface area (TPSA) is 98.1 Å². The number of nitrogens with zero attached hydrogens (tertiary/aromatic N) is 1. The van der Waals surface area contributed by atoms with E-state index in [4.69, 9.17) is 5.11 Å². The fourth-order valence-corrected chi connectivity index (χ4v) is 3.37. The number of carboxylic acid groups (broad SMARTS) is 2. The van der Waals surface area contributed by atoms with E-state index in [9.17, 15) is 19.8 Å². The van der Waals surface area contributed by atoms with Crippen molar-refractivity contribution in [2.45, 2.75) is 44.2 Å². The van der Waals surface area contributed by atoms with Crippen molar-refractivity contribution in [3.05, 3.63) is 0 Å². The molecule has 1 heterocycles. The van der Waals surface area contributed by atoms with E-state index in [1.54, 1.807) is 0 Å². The van der Waals surface area contributed by atoms with Gasteiger partial charge < -0.3 is 15.3 Å².